The maximum atomic E-state index is 6.12. The molecule has 0 N–H and O–H groups in total. The minimum atomic E-state index is 0.540. The topological polar surface area (TPSA) is 27.7 Å². The molecule has 9 unspecified atom stereocenters. The first kappa shape index (κ1) is 51.5. The van der Waals surface area contributed by atoms with Crippen LogP contribution in [0.25, 0.3) is 0 Å². The summed E-state index contributed by atoms with van der Waals surface area (Å²) in [5.74, 6) is 11.7. The summed E-state index contributed by atoms with van der Waals surface area (Å²) in [6, 6.07) is 0. The first-order chi connectivity index (χ1) is 28.7. The second kappa shape index (κ2) is 29.3. The Morgan fingerprint density at radius 2 is 0.661 bits per heavy atom. The second-order valence-corrected chi connectivity index (χ2v) is 22.3. The van der Waals surface area contributed by atoms with E-state index in [1.54, 1.807) is 0 Å². The molecule has 6 saturated carbocycles. The largest absolute Gasteiger partial charge is 0.381 e. The van der Waals surface area contributed by atoms with Crippen molar-refractivity contribution in [1.29, 1.82) is 0 Å². The molecule has 0 aliphatic heterocycles. The van der Waals surface area contributed by atoms with Gasteiger partial charge in [-0.1, -0.05) is 139 Å². The van der Waals surface area contributed by atoms with Crippen LogP contribution in [0, 0.1) is 71.0 Å². The minimum Gasteiger partial charge on any atom is -0.381 e. The summed E-state index contributed by atoms with van der Waals surface area (Å²) in [5, 5.41) is 0. The summed E-state index contributed by atoms with van der Waals surface area (Å²) >= 11 is 0. The lowest BCUT2D eigenvalue weighted by Gasteiger charge is -2.40. The van der Waals surface area contributed by atoms with Gasteiger partial charge >= 0.3 is 0 Å². The number of methoxy groups -OCH3 is 1. The van der Waals surface area contributed by atoms with Crippen LogP contribution < -0.4 is 0 Å². The van der Waals surface area contributed by atoms with E-state index in [1.807, 2.05) is 7.11 Å². The van der Waals surface area contributed by atoms with E-state index in [-0.39, 0.29) is 0 Å². The normalized spacial score (nSPS) is 39.3. The number of unbranched alkanes of at least 4 members (excludes halogenated alkanes) is 1. The number of hydrogen-bond acceptors (Lipinski definition) is 3. The van der Waals surface area contributed by atoms with Crippen LogP contribution in [0.2, 0.25) is 0 Å². The van der Waals surface area contributed by atoms with Crippen LogP contribution in [0.3, 0.4) is 0 Å². The zero-order chi connectivity index (χ0) is 42.4. The van der Waals surface area contributed by atoms with Gasteiger partial charge in [-0.2, -0.15) is 0 Å². The summed E-state index contributed by atoms with van der Waals surface area (Å²) in [7, 11) is 1.89. The number of hydrogen-bond donors (Lipinski definition) is 0. The highest BCUT2D eigenvalue weighted by molar-refractivity contribution is 4.88. The molecule has 0 saturated heterocycles. The lowest BCUT2D eigenvalue weighted by Crippen LogP contribution is -2.34. The lowest BCUT2D eigenvalue weighted by atomic mass is 9.68. The summed E-state index contributed by atoms with van der Waals surface area (Å²) in [6.45, 7) is 20.7. The van der Waals surface area contributed by atoms with E-state index in [1.165, 1.54) is 186 Å². The minimum absolute atomic E-state index is 0.540. The average Bonchev–Trinajstić information content (AvgIpc) is 3.25. The zero-order valence-electron chi connectivity index (χ0n) is 41.5. The standard InChI is InChI=1S/C20H38O.C19H36O.C17H32O/c1-4-6-14-21-20-13-12-19(15-16(20)3)18-10-8-17(7-5-2)9-11-18;1-4-6-16-7-9-17(10-8-16)18-11-12-19(15(3)14-18)20-13-5-2;1-4-5-14-6-8-15(9-7-14)16-10-11-17(18-3)13(2)12-16/h16-20H,4-15H2,1-3H3;15-19H,4-14H2,1-3H3;13-17H,4-12H2,1-3H3. The van der Waals surface area contributed by atoms with Crippen molar-refractivity contribution in [2.45, 2.75) is 266 Å². The summed E-state index contributed by atoms with van der Waals surface area (Å²) in [6.07, 6.45) is 44.5. The Bertz CT molecular complexity index is 1000. The van der Waals surface area contributed by atoms with E-state index in [0.29, 0.717) is 18.3 Å². The Hall–Kier alpha value is -0.120. The predicted molar refractivity (Wildman–Crippen MR) is 256 cm³/mol. The quantitative estimate of drug-likeness (QED) is 0.137. The zero-order valence-corrected chi connectivity index (χ0v) is 41.5. The third-order valence-electron chi connectivity index (χ3n) is 17.8. The molecule has 6 rings (SSSR count). The monoisotopic (exact) mass is 827 g/mol. The molecule has 0 aromatic heterocycles. The van der Waals surface area contributed by atoms with E-state index in [4.69, 9.17) is 14.2 Å². The highest BCUT2D eigenvalue weighted by atomic mass is 16.5. The molecule has 59 heavy (non-hydrogen) atoms. The maximum Gasteiger partial charge on any atom is 0.0600 e. The van der Waals surface area contributed by atoms with Gasteiger partial charge in [-0.15, -0.1) is 0 Å². The Labute approximate surface area is 370 Å². The van der Waals surface area contributed by atoms with E-state index in [0.717, 1.165) is 90.6 Å². The Morgan fingerprint density at radius 3 is 0.949 bits per heavy atom. The van der Waals surface area contributed by atoms with Gasteiger partial charge < -0.3 is 14.2 Å². The molecular weight excluding hydrogens is 721 g/mol. The molecule has 0 amide bonds. The highest BCUT2D eigenvalue weighted by Crippen LogP contribution is 2.46. The van der Waals surface area contributed by atoms with Crippen molar-refractivity contribution >= 4 is 0 Å². The predicted octanol–water partition coefficient (Wildman–Crippen LogP) is 17.1. The van der Waals surface area contributed by atoms with Crippen molar-refractivity contribution in [1.82, 2.24) is 0 Å². The van der Waals surface area contributed by atoms with Gasteiger partial charge in [0, 0.05) is 20.3 Å². The van der Waals surface area contributed by atoms with Crippen LogP contribution in [0.4, 0.5) is 0 Å². The van der Waals surface area contributed by atoms with Gasteiger partial charge in [-0.05, 0) is 180 Å². The van der Waals surface area contributed by atoms with Crippen molar-refractivity contribution in [3.05, 3.63) is 0 Å². The van der Waals surface area contributed by atoms with E-state index in [9.17, 15) is 0 Å². The molecule has 6 fully saturated rings. The average molecular weight is 827 g/mol. The smallest absolute Gasteiger partial charge is 0.0600 e. The van der Waals surface area contributed by atoms with Crippen LogP contribution in [0.1, 0.15) is 248 Å². The third-order valence-corrected chi connectivity index (χ3v) is 17.8. The molecular formula is C56H106O3. The van der Waals surface area contributed by atoms with Crippen LogP contribution >= 0.6 is 0 Å². The maximum absolute atomic E-state index is 6.12. The van der Waals surface area contributed by atoms with Crippen molar-refractivity contribution in [2.75, 3.05) is 20.3 Å². The van der Waals surface area contributed by atoms with Crippen molar-refractivity contribution in [2.24, 2.45) is 71.0 Å². The number of ether oxygens (including phenoxy) is 3. The fourth-order valence-corrected chi connectivity index (χ4v) is 14.1. The first-order valence-electron chi connectivity index (χ1n) is 27.5. The van der Waals surface area contributed by atoms with Crippen molar-refractivity contribution < 1.29 is 14.2 Å². The van der Waals surface area contributed by atoms with E-state index in [2.05, 4.69) is 55.4 Å². The summed E-state index contributed by atoms with van der Waals surface area (Å²) in [5.41, 5.74) is 0. The summed E-state index contributed by atoms with van der Waals surface area (Å²) < 4.78 is 17.7. The third kappa shape index (κ3) is 17.8. The van der Waals surface area contributed by atoms with Crippen LogP contribution in [-0.4, -0.2) is 38.6 Å². The first-order valence-corrected chi connectivity index (χ1v) is 27.5. The Kier molecular flexibility index (Phi) is 25.6. The van der Waals surface area contributed by atoms with Gasteiger partial charge in [0.25, 0.3) is 0 Å². The van der Waals surface area contributed by atoms with Crippen molar-refractivity contribution in [3.8, 4) is 0 Å². The van der Waals surface area contributed by atoms with Crippen LogP contribution in [-0.2, 0) is 14.2 Å². The molecule has 3 nitrogen and oxygen atoms in total. The fourth-order valence-electron chi connectivity index (χ4n) is 14.1. The molecule has 9 atom stereocenters. The molecule has 6 aliphatic carbocycles. The molecule has 0 radical (unpaired) electrons. The summed E-state index contributed by atoms with van der Waals surface area (Å²) in [4.78, 5) is 0. The molecule has 3 heteroatoms. The van der Waals surface area contributed by atoms with Gasteiger partial charge in [-0.25, -0.2) is 0 Å². The molecule has 6 aliphatic rings. The second-order valence-electron chi connectivity index (χ2n) is 22.3. The lowest BCUT2D eigenvalue weighted by molar-refractivity contribution is -0.0286. The fraction of sp³-hybridized carbons (Fsp3) is 1.00. The Balaban J connectivity index is 0.000000196. The van der Waals surface area contributed by atoms with Gasteiger partial charge in [0.15, 0.2) is 0 Å². The van der Waals surface area contributed by atoms with Gasteiger partial charge in [0.2, 0.25) is 0 Å². The van der Waals surface area contributed by atoms with Gasteiger partial charge in [0.05, 0.1) is 18.3 Å². The molecule has 0 aromatic rings. The highest BCUT2D eigenvalue weighted by Gasteiger charge is 2.37. The molecule has 0 bridgehead atoms. The number of rotatable bonds is 17. The van der Waals surface area contributed by atoms with Crippen molar-refractivity contribution in [3.63, 3.8) is 0 Å². The molecule has 348 valence electrons. The SMILES string of the molecule is CCCC1CCC(C2CCC(OC)C(C)C2)CC1.CCCCOC1CCC(C2CCC(CCC)CC2)CC1C.CCCOC1CCC(C2CCC(CCC)CC2)CC1C. The van der Waals surface area contributed by atoms with Crippen LogP contribution in [0.5, 0.6) is 0 Å². The van der Waals surface area contributed by atoms with E-state index >= 15 is 0 Å². The molecule has 0 spiro atoms. The van der Waals surface area contributed by atoms with Crippen LogP contribution in [0.15, 0.2) is 0 Å². The Morgan fingerprint density at radius 1 is 0.339 bits per heavy atom. The molecule has 0 aromatic carbocycles. The van der Waals surface area contributed by atoms with Gasteiger partial charge in [-0.3, -0.25) is 0 Å². The van der Waals surface area contributed by atoms with E-state index < -0.39 is 0 Å². The van der Waals surface area contributed by atoms with Gasteiger partial charge in [0.1, 0.15) is 0 Å². The molecule has 0 heterocycles.